The van der Waals surface area contributed by atoms with E-state index in [4.69, 9.17) is 0 Å². The van der Waals surface area contributed by atoms with E-state index in [1.807, 2.05) is 0 Å². The molecule has 0 aliphatic rings. The average Bonchev–Trinajstić information content (AvgIpc) is 3.26. The highest BCUT2D eigenvalue weighted by atomic mass is 16.3. The van der Waals surface area contributed by atoms with E-state index in [1.54, 1.807) is 0 Å². The summed E-state index contributed by atoms with van der Waals surface area (Å²) >= 11 is 0. The SMILES string of the molecule is CCCCCCC/C=C\C/C=C\CCCCCCCCCCCCCCCCCCCCCCCCCCCCCCCC(=O)NC(CO)C(O)CCCCCCCCCC. The van der Waals surface area contributed by atoms with E-state index in [0.717, 1.165) is 32.1 Å². The number of aliphatic hydroxyl groups excluding tert-OH is 2. The van der Waals surface area contributed by atoms with Gasteiger partial charge in [0.15, 0.2) is 0 Å². The van der Waals surface area contributed by atoms with Crippen molar-refractivity contribution in [3.8, 4) is 0 Å². The Hall–Kier alpha value is -1.13. The summed E-state index contributed by atoms with van der Waals surface area (Å²) in [5, 5.41) is 23.1. The number of allylic oxidation sites excluding steroid dienone is 4. The van der Waals surface area contributed by atoms with Crippen LogP contribution in [0.15, 0.2) is 24.3 Å². The van der Waals surface area contributed by atoms with Gasteiger partial charge in [-0.2, -0.15) is 0 Å². The lowest BCUT2D eigenvalue weighted by molar-refractivity contribution is -0.123. The minimum atomic E-state index is -0.653. The molecule has 0 aliphatic heterocycles. The summed E-state index contributed by atoms with van der Waals surface area (Å²) < 4.78 is 0. The summed E-state index contributed by atoms with van der Waals surface area (Å²) in [6, 6.07) is -0.530. The van der Waals surface area contributed by atoms with E-state index in [-0.39, 0.29) is 12.5 Å². The molecule has 0 radical (unpaired) electrons. The quantitative estimate of drug-likeness (QED) is 0.0422. The summed E-state index contributed by atoms with van der Waals surface area (Å²) in [5.74, 6) is -0.0287. The minimum Gasteiger partial charge on any atom is -0.394 e. The van der Waals surface area contributed by atoms with Gasteiger partial charge in [-0.05, 0) is 44.9 Å². The maximum absolute atomic E-state index is 12.4. The summed E-state index contributed by atoms with van der Waals surface area (Å²) in [5.41, 5.74) is 0. The van der Waals surface area contributed by atoms with Crippen LogP contribution in [0, 0.1) is 0 Å². The maximum atomic E-state index is 12.4. The van der Waals surface area contributed by atoms with Gasteiger partial charge in [-0.25, -0.2) is 0 Å². The number of carbonyl (C=O) groups excluding carboxylic acids is 1. The molecule has 0 rings (SSSR count). The standard InChI is InChI=1S/C57H111NO3/c1-3-5-7-9-11-13-14-15-16-17-18-19-20-21-22-23-24-25-26-27-28-29-30-31-32-33-34-35-36-37-38-39-40-41-42-43-44-45-47-49-51-53-57(61)58-55(54-59)56(60)52-50-48-46-12-10-8-6-4-2/h14-15,17-18,55-56,59-60H,3-13,16,19-54H2,1-2H3,(H,58,61)/b15-14-,18-17-. The Morgan fingerprint density at radius 2 is 0.672 bits per heavy atom. The molecule has 362 valence electrons. The molecule has 2 unspecified atom stereocenters. The third kappa shape index (κ3) is 49.7. The number of aliphatic hydroxyl groups is 2. The second-order valence-corrected chi connectivity index (χ2v) is 19.4. The molecule has 0 spiro atoms. The monoisotopic (exact) mass is 858 g/mol. The second kappa shape index (κ2) is 53.2. The lowest BCUT2D eigenvalue weighted by Gasteiger charge is -2.22. The summed E-state index contributed by atoms with van der Waals surface area (Å²) in [7, 11) is 0. The Kier molecular flexibility index (Phi) is 52.2. The predicted molar refractivity (Wildman–Crippen MR) is 272 cm³/mol. The van der Waals surface area contributed by atoms with Gasteiger partial charge >= 0.3 is 0 Å². The van der Waals surface area contributed by atoms with E-state index in [1.165, 1.54) is 257 Å². The zero-order valence-electron chi connectivity index (χ0n) is 41.7. The van der Waals surface area contributed by atoms with Crippen molar-refractivity contribution in [1.82, 2.24) is 5.32 Å². The molecule has 0 bridgehead atoms. The molecule has 1 amide bonds. The van der Waals surface area contributed by atoms with Crippen molar-refractivity contribution in [2.45, 2.75) is 328 Å². The van der Waals surface area contributed by atoms with Crippen LogP contribution in [0.1, 0.15) is 316 Å². The molecule has 0 aromatic carbocycles. The number of amides is 1. The van der Waals surface area contributed by atoms with Crippen molar-refractivity contribution in [1.29, 1.82) is 0 Å². The molecule has 0 aromatic rings. The molecule has 0 saturated carbocycles. The molecule has 2 atom stereocenters. The van der Waals surface area contributed by atoms with Gasteiger partial charge in [-0.15, -0.1) is 0 Å². The molecular formula is C57H111NO3. The lowest BCUT2D eigenvalue weighted by atomic mass is 10.0. The molecule has 4 heteroatoms. The Labute approximate surface area is 383 Å². The number of nitrogens with one attached hydrogen (secondary N) is 1. The van der Waals surface area contributed by atoms with Crippen molar-refractivity contribution in [2.24, 2.45) is 0 Å². The van der Waals surface area contributed by atoms with Crippen molar-refractivity contribution in [3.05, 3.63) is 24.3 Å². The van der Waals surface area contributed by atoms with Gasteiger partial charge in [0.05, 0.1) is 18.8 Å². The topological polar surface area (TPSA) is 69.6 Å². The maximum Gasteiger partial charge on any atom is 0.220 e. The molecule has 0 aliphatic carbocycles. The molecule has 0 saturated heterocycles. The number of unbranched alkanes of at least 4 members (excludes halogenated alkanes) is 41. The van der Waals surface area contributed by atoms with Crippen molar-refractivity contribution >= 4 is 5.91 Å². The number of hydrogen-bond donors (Lipinski definition) is 3. The van der Waals surface area contributed by atoms with Crippen LogP contribution in [0.25, 0.3) is 0 Å². The van der Waals surface area contributed by atoms with Crippen LogP contribution in [-0.2, 0) is 4.79 Å². The molecule has 4 nitrogen and oxygen atoms in total. The predicted octanol–water partition coefficient (Wildman–Crippen LogP) is 18.3. The van der Waals surface area contributed by atoms with E-state index in [2.05, 4.69) is 43.5 Å². The van der Waals surface area contributed by atoms with Gasteiger partial charge in [-0.3, -0.25) is 4.79 Å². The largest absolute Gasteiger partial charge is 0.394 e. The highest BCUT2D eigenvalue weighted by Gasteiger charge is 2.20. The second-order valence-electron chi connectivity index (χ2n) is 19.4. The fraction of sp³-hybridized carbons (Fsp3) is 0.912. The summed E-state index contributed by atoms with van der Waals surface area (Å²) in [6.07, 6.45) is 70.6. The molecule has 61 heavy (non-hydrogen) atoms. The van der Waals surface area contributed by atoms with Crippen LogP contribution in [0.2, 0.25) is 0 Å². The van der Waals surface area contributed by atoms with Crippen molar-refractivity contribution in [3.63, 3.8) is 0 Å². The zero-order chi connectivity index (χ0) is 44.2. The number of rotatable bonds is 52. The number of carbonyl (C=O) groups is 1. The van der Waals surface area contributed by atoms with Crippen LogP contribution in [0.3, 0.4) is 0 Å². The van der Waals surface area contributed by atoms with Crippen molar-refractivity contribution in [2.75, 3.05) is 6.61 Å². The van der Waals surface area contributed by atoms with Gasteiger partial charge in [0.1, 0.15) is 0 Å². The molecule has 0 aromatic heterocycles. The van der Waals surface area contributed by atoms with Gasteiger partial charge < -0.3 is 15.5 Å². The van der Waals surface area contributed by atoms with Crippen LogP contribution in [0.4, 0.5) is 0 Å². The van der Waals surface area contributed by atoms with Crippen LogP contribution in [0.5, 0.6) is 0 Å². The highest BCUT2D eigenvalue weighted by molar-refractivity contribution is 5.76. The first-order valence-electron chi connectivity index (χ1n) is 28.0. The van der Waals surface area contributed by atoms with Gasteiger partial charge in [0.2, 0.25) is 5.91 Å². The van der Waals surface area contributed by atoms with Gasteiger partial charge in [0.25, 0.3) is 0 Å². The van der Waals surface area contributed by atoms with E-state index in [0.29, 0.717) is 12.8 Å². The first-order chi connectivity index (χ1) is 30.2. The highest BCUT2D eigenvalue weighted by Crippen LogP contribution is 2.18. The average molecular weight is 859 g/mol. The van der Waals surface area contributed by atoms with Crippen LogP contribution < -0.4 is 5.32 Å². The Bertz CT molecular complexity index is 886. The fourth-order valence-electron chi connectivity index (χ4n) is 8.92. The Balaban J connectivity index is 3.29. The normalized spacial score (nSPS) is 12.9. The third-order valence-corrected chi connectivity index (χ3v) is 13.2. The molecule has 0 heterocycles. The first-order valence-corrected chi connectivity index (χ1v) is 28.0. The Morgan fingerprint density at radius 3 is 0.984 bits per heavy atom. The van der Waals surface area contributed by atoms with E-state index >= 15 is 0 Å². The van der Waals surface area contributed by atoms with Gasteiger partial charge in [0, 0.05) is 6.42 Å². The van der Waals surface area contributed by atoms with Gasteiger partial charge in [-0.1, -0.05) is 289 Å². The molecular weight excluding hydrogens is 747 g/mol. The molecule has 0 fully saturated rings. The minimum absolute atomic E-state index is 0.0287. The fourth-order valence-corrected chi connectivity index (χ4v) is 8.92. The van der Waals surface area contributed by atoms with Crippen molar-refractivity contribution < 1.29 is 15.0 Å². The number of hydrogen-bond acceptors (Lipinski definition) is 3. The first kappa shape index (κ1) is 59.9. The summed E-state index contributed by atoms with van der Waals surface area (Å²) in [6.45, 7) is 4.33. The van der Waals surface area contributed by atoms with Crippen LogP contribution in [-0.4, -0.2) is 34.9 Å². The van der Waals surface area contributed by atoms with E-state index in [9.17, 15) is 15.0 Å². The third-order valence-electron chi connectivity index (χ3n) is 13.2. The lowest BCUT2D eigenvalue weighted by Crippen LogP contribution is -2.45. The smallest absolute Gasteiger partial charge is 0.220 e. The van der Waals surface area contributed by atoms with Crippen LogP contribution >= 0.6 is 0 Å². The Morgan fingerprint density at radius 1 is 0.393 bits per heavy atom. The zero-order valence-corrected chi connectivity index (χ0v) is 41.7. The van der Waals surface area contributed by atoms with E-state index < -0.39 is 12.1 Å². The molecule has 3 N–H and O–H groups in total. The summed E-state index contributed by atoms with van der Waals surface area (Å²) in [4.78, 5) is 12.4.